The van der Waals surface area contributed by atoms with Crippen LogP contribution in [-0.4, -0.2) is 24.0 Å². The van der Waals surface area contributed by atoms with Crippen molar-refractivity contribution in [2.24, 2.45) is 0 Å². The van der Waals surface area contributed by atoms with E-state index in [9.17, 15) is 4.79 Å². The van der Waals surface area contributed by atoms with E-state index < -0.39 is 0 Å². The highest BCUT2D eigenvalue weighted by Crippen LogP contribution is 2.28. The zero-order valence-corrected chi connectivity index (χ0v) is 12.7. The fourth-order valence-corrected chi connectivity index (χ4v) is 3.21. The lowest BCUT2D eigenvalue weighted by atomic mass is 10.2. The molecule has 2 aromatic rings. The smallest absolute Gasteiger partial charge is 0.275 e. The van der Waals surface area contributed by atoms with Gasteiger partial charge in [-0.25, -0.2) is 4.98 Å². The van der Waals surface area contributed by atoms with E-state index in [-0.39, 0.29) is 5.91 Å². The third-order valence-corrected chi connectivity index (χ3v) is 4.35. The minimum Gasteiger partial charge on any atom is -0.370 e. The van der Waals surface area contributed by atoms with Crippen LogP contribution in [0, 0.1) is 0 Å². The summed E-state index contributed by atoms with van der Waals surface area (Å²) in [6.07, 6.45) is 5.02. The minimum absolute atomic E-state index is 0.140. The third kappa shape index (κ3) is 3.42. The molecule has 0 spiro atoms. The van der Waals surface area contributed by atoms with Gasteiger partial charge >= 0.3 is 0 Å². The lowest BCUT2D eigenvalue weighted by Crippen LogP contribution is -2.25. The van der Waals surface area contributed by atoms with Gasteiger partial charge in [0, 0.05) is 18.5 Å². The summed E-state index contributed by atoms with van der Waals surface area (Å²) in [5.41, 5.74) is 4.14. The van der Waals surface area contributed by atoms with Crippen molar-refractivity contribution in [2.75, 3.05) is 23.3 Å². The van der Waals surface area contributed by atoms with Crippen LogP contribution in [0.15, 0.2) is 35.2 Å². The van der Waals surface area contributed by atoms with E-state index in [1.54, 1.807) is 10.9 Å². The van der Waals surface area contributed by atoms with Crippen molar-refractivity contribution in [1.82, 2.24) is 4.98 Å². The van der Waals surface area contributed by atoms with Gasteiger partial charge in [-0.1, -0.05) is 25.0 Å². The van der Waals surface area contributed by atoms with Crippen LogP contribution in [0.25, 0.3) is 0 Å². The fourth-order valence-electron chi connectivity index (χ4n) is 2.68. The largest absolute Gasteiger partial charge is 0.370 e. The van der Waals surface area contributed by atoms with Crippen LogP contribution in [0.3, 0.4) is 0 Å². The van der Waals surface area contributed by atoms with E-state index in [0.717, 1.165) is 24.5 Å². The lowest BCUT2D eigenvalue weighted by Gasteiger charge is -2.25. The molecule has 1 aromatic carbocycles. The van der Waals surface area contributed by atoms with Gasteiger partial charge < -0.3 is 10.2 Å². The molecule has 0 radical (unpaired) electrons. The molecular weight excluding hydrogens is 282 g/mol. The van der Waals surface area contributed by atoms with Crippen molar-refractivity contribution >= 4 is 28.6 Å². The number of amides is 1. The van der Waals surface area contributed by atoms with Gasteiger partial charge in [0.15, 0.2) is 0 Å². The molecule has 1 saturated heterocycles. The summed E-state index contributed by atoms with van der Waals surface area (Å²) >= 11 is 1.43. The van der Waals surface area contributed by atoms with Gasteiger partial charge in [0.05, 0.1) is 16.9 Å². The standard InChI is InChI=1S/C16H19N3OS/c20-16(14-11-21-12-17-14)18-13-7-3-4-8-15(13)19-9-5-1-2-6-10-19/h3-4,7-8,11-12H,1-2,5-6,9-10H2,(H,18,20). The second-order valence-corrected chi connectivity index (χ2v) is 5.96. The number of thiazole rings is 1. The normalized spacial score (nSPS) is 15.5. The van der Waals surface area contributed by atoms with Gasteiger partial charge in [0.2, 0.25) is 0 Å². The molecule has 1 aliphatic heterocycles. The Labute approximate surface area is 128 Å². The van der Waals surface area contributed by atoms with Crippen LogP contribution in [0.2, 0.25) is 0 Å². The Bertz CT molecular complexity index is 589. The third-order valence-electron chi connectivity index (χ3n) is 3.76. The van der Waals surface area contributed by atoms with E-state index >= 15 is 0 Å². The zero-order valence-electron chi connectivity index (χ0n) is 11.9. The number of aromatic nitrogens is 1. The maximum atomic E-state index is 12.2. The predicted molar refractivity (Wildman–Crippen MR) is 87.2 cm³/mol. The molecule has 1 aliphatic rings. The molecule has 2 heterocycles. The van der Waals surface area contributed by atoms with E-state index in [0.29, 0.717) is 5.69 Å². The molecule has 0 atom stereocenters. The molecule has 1 aromatic heterocycles. The lowest BCUT2D eigenvalue weighted by molar-refractivity contribution is 0.102. The Kier molecular flexibility index (Phi) is 4.50. The summed E-state index contributed by atoms with van der Waals surface area (Å²) in [6, 6.07) is 8.03. The van der Waals surface area contributed by atoms with E-state index in [1.807, 2.05) is 18.2 Å². The first-order chi connectivity index (χ1) is 10.3. The molecule has 0 unspecified atom stereocenters. The number of benzene rings is 1. The van der Waals surface area contributed by atoms with Crippen LogP contribution >= 0.6 is 11.3 Å². The molecule has 110 valence electrons. The summed E-state index contributed by atoms with van der Waals surface area (Å²) < 4.78 is 0. The Balaban J connectivity index is 1.80. The van der Waals surface area contributed by atoms with Gasteiger partial charge in [-0.2, -0.15) is 0 Å². The molecule has 0 aliphatic carbocycles. The Morgan fingerprint density at radius 2 is 1.90 bits per heavy atom. The summed E-state index contributed by atoms with van der Waals surface area (Å²) in [5, 5.41) is 4.76. The number of anilines is 2. The maximum Gasteiger partial charge on any atom is 0.275 e. The number of para-hydroxylation sites is 2. The van der Waals surface area contributed by atoms with Gasteiger partial charge in [-0.05, 0) is 25.0 Å². The first-order valence-corrected chi connectivity index (χ1v) is 8.32. The highest BCUT2D eigenvalue weighted by molar-refractivity contribution is 7.07. The molecule has 4 nitrogen and oxygen atoms in total. The minimum atomic E-state index is -0.140. The van der Waals surface area contributed by atoms with Gasteiger partial charge in [0.25, 0.3) is 5.91 Å². The maximum absolute atomic E-state index is 12.2. The average molecular weight is 301 g/mol. The highest BCUT2D eigenvalue weighted by Gasteiger charge is 2.15. The summed E-state index contributed by atoms with van der Waals surface area (Å²) in [4.78, 5) is 18.6. The van der Waals surface area contributed by atoms with Gasteiger partial charge in [0.1, 0.15) is 5.69 Å². The number of hydrogen-bond donors (Lipinski definition) is 1. The summed E-state index contributed by atoms with van der Waals surface area (Å²) in [7, 11) is 0. The highest BCUT2D eigenvalue weighted by atomic mass is 32.1. The van der Waals surface area contributed by atoms with E-state index in [2.05, 4.69) is 21.3 Å². The van der Waals surface area contributed by atoms with E-state index in [1.165, 1.54) is 37.0 Å². The fraction of sp³-hybridized carbons (Fsp3) is 0.375. The predicted octanol–water partition coefficient (Wildman–Crippen LogP) is 3.78. The summed E-state index contributed by atoms with van der Waals surface area (Å²) in [6.45, 7) is 2.12. The second kappa shape index (κ2) is 6.72. The van der Waals surface area contributed by atoms with Crippen LogP contribution < -0.4 is 10.2 Å². The van der Waals surface area contributed by atoms with Crippen molar-refractivity contribution in [1.29, 1.82) is 0 Å². The molecule has 1 fully saturated rings. The molecular formula is C16H19N3OS. The topological polar surface area (TPSA) is 45.2 Å². The summed E-state index contributed by atoms with van der Waals surface area (Å²) in [5.74, 6) is -0.140. The van der Waals surface area contributed by atoms with Crippen molar-refractivity contribution < 1.29 is 4.79 Å². The molecule has 5 heteroatoms. The second-order valence-electron chi connectivity index (χ2n) is 5.25. The Morgan fingerprint density at radius 1 is 1.14 bits per heavy atom. The number of hydrogen-bond acceptors (Lipinski definition) is 4. The first-order valence-electron chi connectivity index (χ1n) is 7.38. The van der Waals surface area contributed by atoms with Crippen LogP contribution in [0.4, 0.5) is 11.4 Å². The zero-order chi connectivity index (χ0) is 14.5. The molecule has 3 rings (SSSR count). The van der Waals surface area contributed by atoms with Crippen molar-refractivity contribution in [2.45, 2.75) is 25.7 Å². The van der Waals surface area contributed by atoms with Crippen LogP contribution in [-0.2, 0) is 0 Å². The van der Waals surface area contributed by atoms with Crippen molar-refractivity contribution in [3.05, 3.63) is 40.8 Å². The number of nitrogens with zero attached hydrogens (tertiary/aromatic N) is 2. The molecule has 1 N–H and O–H groups in total. The van der Waals surface area contributed by atoms with E-state index in [4.69, 9.17) is 0 Å². The molecule has 21 heavy (non-hydrogen) atoms. The average Bonchev–Trinajstić information content (AvgIpc) is 2.91. The number of rotatable bonds is 3. The SMILES string of the molecule is O=C(Nc1ccccc1N1CCCCCC1)c1cscn1. The number of carbonyl (C=O) groups is 1. The van der Waals surface area contributed by atoms with Crippen molar-refractivity contribution in [3.8, 4) is 0 Å². The molecule has 0 saturated carbocycles. The molecule has 1 amide bonds. The quantitative estimate of drug-likeness (QED) is 0.938. The van der Waals surface area contributed by atoms with Gasteiger partial charge in [-0.15, -0.1) is 11.3 Å². The number of nitrogens with one attached hydrogen (secondary N) is 1. The Morgan fingerprint density at radius 3 is 2.62 bits per heavy atom. The monoisotopic (exact) mass is 301 g/mol. The van der Waals surface area contributed by atoms with Crippen LogP contribution in [0.5, 0.6) is 0 Å². The number of carbonyl (C=O) groups excluding carboxylic acids is 1. The molecule has 0 bridgehead atoms. The van der Waals surface area contributed by atoms with Crippen molar-refractivity contribution in [3.63, 3.8) is 0 Å². The Hall–Kier alpha value is -1.88. The van der Waals surface area contributed by atoms with Crippen LogP contribution in [0.1, 0.15) is 36.2 Å². The van der Waals surface area contributed by atoms with Gasteiger partial charge in [-0.3, -0.25) is 4.79 Å². The first kappa shape index (κ1) is 14.1.